The summed E-state index contributed by atoms with van der Waals surface area (Å²) in [5.74, 6) is -0.476. The van der Waals surface area contributed by atoms with Crippen LogP contribution in [0.1, 0.15) is 10.4 Å². The number of phenols is 1. The maximum Gasteiger partial charge on any atom is 0.255 e. The van der Waals surface area contributed by atoms with Crippen LogP contribution < -0.4 is 5.32 Å². The predicted molar refractivity (Wildman–Crippen MR) is 90.0 cm³/mol. The van der Waals surface area contributed by atoms with Crippen LogP contribution in [0.2, 0.25) is 10.0 Å². The number of nitrogens with one attached hydrogen (secondary N) is 1. The topological polar surface area (TPSA) is 49.3 Å². The SMILES string of the molecule is O=C(Nc1cc(Cl)c(O)c(Cl)c1)c1ccc2ccccc2c1. The van der Waals surface area contributed by atoms with Crippen molar-refractivity contribution in [3.8, 4) is 5.75 Å². The summed E-state index contributed by atoms with van der Waals surface area (Å²) >= 11 is 11.7. The van der Waals surface area contributed by atoms with Crippen LogP contribution in [0.5, 0.6) is 5.75 Å². The summed E-state index contributed by atoms with van der Waals surface area (Å²) in [7, 11) is 0. The van der Waals surface area contributed by atoms with E-state index >= 15 is 0 Å². The van der Waals surface area contributed by atoms with Crippen molar-refractivity contribution in [2.75, 3.05) is 5.32 Å². The molecule has 0 saturated carbocycles. The van der Waals surface area contributed by atoms with Gasteiger partial charge < -0.3 is 10.4 Å². The third-order valence-corrected chi connectivity index (χ3v) is 3.86. The van der Waals surface area contributed by atoms with E-state index in [1.807, 2.05) is 36.4 Å². The molecule has 0 aliphatic heterocycles. The minimum Gasteiger partial charge on any atom is -0.505 e. The van der Waals surface area contributed by atoms with Gasteiger partial charge in [0.15, 0.2) is 5.75 Å². The van der Waals surface area contributed by atoms with Gasteiger partial charge in [0.1, 0.15) is 0 Å². The molecule has 3 aromatic carbocycles. The van der Waals surface area contributed by atoms with E-state index in [4.69, 9.17) is 23.2 Å². The summed E-state index contributed by atoms with van der Waals surface area (Å²) in [6, 6.07) is 16.1. The van der Waals surface area contributed by atoms with Crippen molar-refractivity contribution >= 4 is 45.6 Å². The second-order valence-electron chi connectivity index (χ2n) is 4.80. The number of anilines is 1. The lowest BCUT2D eigenvalue weighted by Gasteiger charge is -2.08. The summed E-state index contributed by atoms with van der Waals surface area (Å²) in [6.45, 7) is 0. The third-order valence-electron chi connectivity index (χ3n) is 3.29. The highest BCUT2D eigenvalue weighted by Crippen LogP contribution is 2.34. The van der Waals surface area contributed by atoms with Crippen molar-refractivity contribution in [2.45, 2.75) is 0 Å². The molecule has 0 spiro atoms. The number of hydrogen-bond acceptors (Lipinski definition) is 2. The van der Waals surface area contributed by atoms with Crippen LogP contribution in [0.15, 0.2) is 54.6 Å². The molecule has 2 N–H and O–H groups in total. The van der Waals surface area contributed by atoms with Gasteiger partial charge >= 0.3 is 0 Å². The highest BCUT2D eigenvalue weighted by Gasteiger charge is 2.11. The fraction of sp³-hybridized carbons (Fsp3) is 0. The van der Waals surface area contributed by atoms with Gasteiger partial charge in [-0.1, -0.05) is 53.5 Å². The molecule has 0 aromatic heterocycles. The molecule has 0 heterocycles. The van der Waals surface area contributed by atoms with Crippen LogP contribution in [-0.4, -0.2) is 11.0 Å². The molecule has 110 valence electrons. The smallest absolute Gasteiger partial charge is 0.255 e. The number of amides is 1. The number of halogens is 2. The van der Waals surface area contributed by atoms with Gasteiger partial charge in [0.2, 0.25) is 0 Å². The average Bonchev–Trinajstić information content (AvgIpc) is 2.52. The van der Waals surface area contributed by atoms with Crippen LogP contribution in [0.25, 0.3) is 10.8 Å². The van der Waals surface area contributed by atoms with E-state index in [0.717, 1.165) is 10.8 Å². The van der Waals surface area contributed by atoms with Crippen LogP contribution in [0, 0.1) is 0 Å². The molecule has 0 atom stereocenters. The number of fused-ring (bicyclic) bond motifs is 1. The minimum atomic E-state index is -0.274. The molecule has 1 amide bonds. The summed E-state index contributed by atoms with van der Waals surface area (Å²) in [5.41, 5.74) is 0.949. The standard InChI is InChI=1S/C17H11Cl2NO2/c18-14-8-13(9-15(19)16(14)21)20-17(22)12-6-5-10-3-1-2-4-11(10)7-12/h1-9,21H,(H,20,22). The average molecular weight is 332 g/mol. The van der Waals surface area contributed by atoms with Gasteiger partial charge in [-0.15, -0.1) is 0 Å². The molecule has 0 saturated heterocycles. The molecule has 0 aliphatic carbocycles. The van der Waals surface area contributed by atoms with Crippen molar-refractivity contribution in [3.05, 3.63) is 70.2 Å². The lowest BCUT2D eigenvalue weighted by atomic mass is 10.1. The number of carbonyl (C=O) groups excluding carboxylic acids is 1. The first-order valence-electron chi connectivity index (χ1n) is 6.53. The first-order chi connectivity index (χ1) is 10.5. The molecule has 0 fully saturated rings. The Hall–Kier alpha value is -2.23. The fourth-order valence-electron chi connectivity index (χ4n) is 2.17. The Morgan fingerprint density at radius 3 is 2.23 bits per heavy atom. The zero-order chi connectivity index (χ0) is 15.7. The molecular weight excluding hydrogens is 321 g/mol. The number of phenolic OH excluding ortho intramolecular Hbond substituents is 1. The van der Waals surface area contributed by atoms with E-state index in [9.17, 15) is 9.90 Å². The number of rotatable bonds is 2. The van der Waals surface area contributed by atoms with Crippen molar-refractivity contribution in [1.29, 1.82) is 0 Å². The highest BCUT2D eigenvalue weighted by atomic mass is 35.5. The lowest BCUT2D eigenvalue weighted by Crippen LogP contribution is -2.11. The van der Waals surface area contributed by atoms with Crippen molar-refractivity contribution in [3.63, 3.8) is 0 Å². The van der Waals surface area contributed by atoms with Gasteiger partial charge in [-0.05, 0) is 35.0 Å². The van der Waals surface area contributed by atoms with E-state index < -0.39 is 0 Å². The fourth-order valence-corrected chi connectivity index (χ4v) is 2.66. The molecule has 0 aliphatic rings. The molecule has 0 unspecified atom stereocenters. The quantitative estimate of drug-likeness (QED) is 0.641. The second kappa shape index (κ2) is 5.87. The Bertz CT molecular complexity index is 854. The number of benzene rings is 3. The van der Waals surface area contributed by atoms with Crippen molar-refractivity contribution in [1.82, 2.24) is 0 Å². The largest absolute Gasteiger partial charge is 0.505 e. The van der Waals surface area contributed by atoms with Gasteiger partial charge in [0.25, 0.3) is 5.91 Å². The Balaban J connectivity index is 1.90. The molecule has 3 rings (SSSR count). The molecule has 22 heavy (non-hydrogen) atoms. The third kappa shape index (κ3) is 2.86. The molecule has 3 nitrogen and oxygen atoms in total. The van der Waals surface area contributed by atoms with Crippen LogP contribution in [0.4, 0.5) is 5.69 Å². The summed E-state index contributed by atoms with van der Waals surface area (Å²) in [5, 5.41) is 14.5. The molecule has 0 bridgehead atoms. The van der Waals surface area contributed by atoms with Gasteiger partial charge in [-0.3, -0.25) is 4.79 Å². The van der Waals surface area contributed by atoms with Gasteiger partial charge in [-0.25, -0.2) is 0 Å². The zero-order valence-electron chi connectivity index (χ0n) is 11.3. The van der Waals surface area contributed by atoms with E-state index in [1.54, 1.807) is 6.07 Å². The summed E-state index contributed by atoms with van der Waals surface area (Å²) < 4.78 is 0. The molecule has 0 radical (unpaired) electrons. The number of aromatic hydroxyl groups is 1. The van der Waals surface area contributed by atoms with Gasteiger partial charge in [0.05, 0.1) is 10.0 Å². The normalized spacial score (nSPS) is 10.6. The second-order valence-corrected chi connectivity index (χ2v) is 5.62. The van der Waals surface area contributed by atoms with Crippen LogP contribution >= 0.6 is 23.2 Å². The molecule has 3 aromatic rings. The van der Waals surface area contributed by atoms with Crippen molar-refractivity contribution in [2.24, 2.45) is 0 Å². The van der Waals surface area contributed by atoms with Crippen LogP contribution in [-0.2, 0) is 0 Å². The van der Waals surface area contributed by atoms with Crippen LogP contribution in [0.3, 0.4) is 0 Å². The Kier molecular flexibility index (Phi) is 3.92. The van der Waals surface area contributed by atoms with E-state index in [-0.39, 0.29) is 21.7 Å². The first kappa shape index (κ1) is 14.7. The maximum atomic E-state index is 12.3. The van der Waals surface area contributed by atoms with E-state index in [2.05, 4.69) is 5.32 Å². The molecular formula is C17H11Cl2NO2. The Morgan fingerprint density at radius 2 is 1.55 bits per heavy atom. The predicted octanol–water partition coefficient (Wildman–Crippen LogP) is 5.10. The van der Waals surface area contributed by atoms with E-state index in [1.165, 1.54) is 12.1 Å². The number of carbonyl (C=O) groups is 1. The Morgan fingerprint density at radius 1 is 0.909 bits per heavy atom. The monoisotopic (exact) mass is 331 g/mol. The maximum absolute atomic E-state index is 12.3. The lowest BCUT2D eigenvalue weighted by molar-refractivity contribution is 0.102. The zero-order valence-corrected chi connectivity index (χ0v) is 12.8. The molecule has 5 heteroatoms. The van der Waals surface area contributed by atoms with E-state index in [0.29, 0.717) is 11.3 Å². The van der Waals surface area contributed by atoms with Crippen molar-refractivity contribution < 1.29 is 9.90 Å². The number of hydrogen-bond donors (Lipinski definition) is 2. The van der Waals surface area contributed by atoms with Gasteiger partial charge in [0, 0.05) is 11.3 Å². The first-order valence-corrected chi connectivity index (χ1v) is 7.28. The summed E-state index contributed by atoms with van der Waals surface area (Å²) in [4.78, 5) is 12.3. The summed E-state index contributed by atoms with van der Waals surface area (Å²) in [6.07, 6.45) is 0. The minimum absolute atomic E-state index is 0.0845. The highest BCUT2D eigenvalue weighted by molar-refractivity contribution is 6.37. The Labute approximate surface area is 137 Å². The van der Waals surface area contributed by atoms with Gasteiger partial charge in [-0.2, -0.15) is 0 Å².